The van der Waals surface area contributed by atoms with Gasteiger partial charge >= 0.3 is 0 Å². The van der Waals surface area contributed by atoms with E-state index in [1.165, 1.54) is 5.75 Å². The Morgan fingerprint density at radius 1 is 1.62 bits per heavy atom. The lowest BCUT2D eigenvalue weighted by atomic mass is 10.1. The standard InChI is InChI=1S/C6H11OS/c1-6(2)3-4-8-5-7-6/h5H,3-4H2,1-2H3. The van der Waals surface area contributed by atoms with Crippen LogP contribution in [0.1, 0.15) is 20.3 Å². The molecule has 1 rings (SSSR count). The van der Waals surface area contributed by atoms with Gasteiger partial charge in [0.15, 0.2) is 0 Å². The van der Waals surface area contributed by atoms with E-state index in [1.807, 2.05) is 5.94 Å². The monoisotopic (exact) mass is 131 g/mol. The lowest BCUT2D eigenvalue weighted by Crippen LogP contribution is -2.26. The van der Waals surface area contributed by atoms with Crippen molar-refractivity contribution in [3.63, 3.8) is 0 Å². The predicted molar refractivity (Wildman–Crippen MR) is 36.5 cm³/mol. The van der Waals surface area contributed by atoms with Gasteiger partial charge in [-0.2, -0.15) is 0 Å². The molecule has 1 nitrogen and oxygen atoms in total. The molecule has 0 spiro atoms. The summed E-state index contributed by atoms with van der Waals surface area (Å²) in [6, 6.07) is 0. The lowest BCUT2D eigenvalue weighted by Gasteiger charge is -2.28. The quantitative estimate of drug-likeness (QED) is 0.497. The molecule has 0 saturated carbocycles. The zero-order chi connectivity index (χ0) is 6.04. The summed E-state index contributed by atoms with van der Waals surface area (Å²) < 4.78 is 5.30. The molecule has 0 aromatic heterocycles. The van der Waals surface area contributed by atoms with Crippen LogP contribution in [0.2, 0.25) is 0 Å². The molecular formula is C6H11OS. The van der Waals surface area contributed by atoms with Gasteiger partial charge in [0, 0.05) is 0 Å². The zero-order valence-electron chi connectivity index (χ0n) is 5.31. The first-order valence-electron chi connectivity index (χ1n) is 2.82. The Balaban J connectivity index is 2.33. The molecule has 0 aromatic carbocycles. The molecule has 1 aliphatic rings. The van der Waals surface area contributed by atoms with Crippen LogP contribution < -0.4 is 0 Å². The summed E-state index contributed by atoms with van der Waals surface area (Å²) in [6.07, 6.45) is 1.16. The predicted octanol–water partition coefficient (Wildman–Crippen LogP) is 2.04. The van der Waals surface area contributed by atoms with E-state index in [2.05, 4.69) is 13.8 Å². The normalized spacial score (nSPS) is 27.8. The van der Waals surface area contributed by atoms with E-state index < -0.39 is 0 Å². The van der Waals surface area contributed by atoms with Gasteiger partial charge in [-0.1, -0.05) is 0 Å². The molecule has 0 bridgehead atoms. The first-order valence-corrected chi connectivity index (χ1v) is 3.87. The fourth-order valence-electron chi connectivity index (χ4n) is 0.576. The smallest absolute Gasteiger partial charge is 0.139 e. The molecule has 1 heterocycles. The molecule has 1 aliphatic heterocycles. The van der Waals surface area contributed by atoms with Crippen molar-refractivity contribution in [3.05, 3.63) is 5.94 Å². The highest BCUT2D eigenvalue weighted by atomic mass is 32.2. The summed E-state index contributed by atoms with van der Waals surface area (Å²) in [5.41, 5.74) is 0.102. The van der Waals surface area contributed by atoms with Gasteiger partial charge in [0.2, 0.25) is 0 Å². The first-order chi connectivity index (χ1) is 3.71. The Morgan fingerprint density at radius 3 is 2.62 bits per heavy atom. The molecule has 2 heteroatoms. The van der Waals surface area contributed by atoms with Crippen molar-refractivity contribution in [2.45, 2.75) is 25.9 Å². The molecule has 0 aromatic rings. The van der Waals surface area contributed by atoms with Gasteiger partial charge in [-0.05, 0) is 26.0 Å². The fourth-order valence-corrected chi connectivity index (χ4v) is 1.61. The summed E-state index contributed by atoms with van der Waals surface area (Å²) >= 11 is 1.75. The summed E-state index contributed by atoms with van der Waals surface area (Å²) in [7, 11) is 0. The molecule has 0 atom stereocenters. The highest BCUT2D eigenvalue weighted by Gasteiger charge is 2.21. The molecule has 0 N–H and O–H groups in total. The van der Waals surface area contributed by atoms with Gasteiger partial charge in [0.05, 0.1) is 5.60 Å². The van der Waals surface area contributed by atoms with E-state index in [0.717, 1.165) is 6.42 Å². The average molecular weight is 131 g/mol. The number of hydrogen-bond donors (Lipinski definition) is 0. The number of hydrogen-bond acceptors (Lipinski definition) is 2. The summed E-state index contributed by atoms with van der Waals surface area (Å²) in [4.78, 5) is 0. The van der Waals surface area contributed by atoms with E-state index in [0.29, 0.717) is 0 Å². The topological polar surface area (TPSA) is 9.23 Å². The molecule has 1 radical (unpaired) electrons. The summed E-state index contributed by atoms with van der Waals surface area (Å²) in [5.74, 6) is 3.04. The Morgan fingerprint density at radius 2 is 2.38 bits per heavy atom. The zero-order valence-corrected chi connectivity index (χ0v) is 6.12. The first kappa shape index (κ1) is 6.43. The highest BCUT2D eigenvalue weighted by Crippen LogP contribution is 2.27. The second kappa shape index (κ2) is 2.28. The van der Waals surface area contributed by atoms with Crippen molar-refractivity contribution in [3.8, 4) is 0 Å². The van der Waals surface area contributed by atoms with E-state index in [9.17, 15) is 0 Å². The minimum absolute atomic E-state index is 0.102. The molecule has 0 aliphatic carbocycles. The van der Waals surface area contributed by atoms with Crippen LogP contribution >= 0.6 is 11.8 Å². The van der Waals surface area contributed by atoms with E-state index in [-0.39, 0.29) is 5.60 Å². The molecular weight excluding hydrogens is 120 g/mol. The summed E-state index contributed by atoms with van der Waals surface area (Å²) in [6.45, 7) is 4.23. The van der Waals surface area contributed by atoms with Crippen LogP contribution in [-0.4, -0.2) is 11.4 Å². The van der Waals surface area contributed by atoms with Crippen molar-refractivity contribution in [2.75, 3.05) is 5.75 Å². The van der Waals surface area contributed by atoms with Crippen LogP contribution in [0.5, 0.6) is 0 Å². The van der Waals surface area contributed by atoms with Gasteiger partial charge in [-0.15, -0.1) is 11.8 Å². The maximum Gasteiger partial charge on any atom is 0.139 e. The molecule has 0 amide bonds. The van der Waals surface area contributed by atoms with Gasteiger partial charge in [0.1, 0.15) is 5.94 Å². The Kier molecular flexibility index (Phi) is 1.83. The third-order valence-electron chi connectivity index (χ3n) is 1.26. The second-order valence-electron chi connectivity index (χ2n) is 2.59. The van der Waals surface area contributed by atoms with Crippen molar-refractivity contribution in [2.24, 2.45) is 0 Å². The van der Waals surface area contributed by atoms with Crippen molar-refractivity contribution >= 4 is 11.8 Å². The van der Waals surface area contributed by atoms with Gasteiger partial charge in [-0.25, -0.2) is 0 Å². The largest absolute Gasteiger partial charge is 0.358 e. The van der Waals surface area contributed by atoms with Crippen molar-refractivity contribution in [1.29, 1.82) is 0 Å². The Bertz CT molecular complexity index is 72.6. The van der Waals surface area contributed by atoms with Gasteiger partial charge in [0.25, 0.3) is 0 Å². The van der Waals surface area contributed by atoms with E-state index in [1.54, 1.807) is 11.8 Å². The van der Waals surface area contributed by atoms with Crippen LogP contribution in [0.15, 0.2) is 0 Å². The molecule has 1 saturated heterocycles. The fraction of sp³-hybridized carbons (Fsp3) is 0.833. The van der Waals surface area contributed by atoms with Crippen LogP contribution in [0.4, 0.5) is 0 Å². The Hall–Kier alpha value is 0.310. The Labute approximate surface area is 54.8 Å². The number of rotatable bonds is 0. The lowest BCUT2D eigenvalue weighted by molar-refractivity contribution is 0.0366. The maximum atomic E-state index is 5.30. The number of ether oxygens (including phenoxy) is 1. The number of thioether (sulfide) groups is 1. The molecule has 47 valence electrons. The van der Waals surface area contributed by atoms with Crippen LogP contribution in [0, 0.1) is 5.94 Å². The molecule has 1 fully saturated rings. The maximum absolute atomic E-state index is 5.30. The highest BCUT2D eigenvalue weighted by molar-refractivity contribution is 8.01. The van der Waals surface area contributed by atoms with Crippen LogP contribution in [-0.2, 0) is 4.74 Å². The van der Waals surface area contributed by atoms with E-state index in [4.69, 9.17) is 4.74 Å². The molecule has 0 unspecified atom stereocenters. The average Bonchev–Trinajstić information content (AvgIpc) is 1.65. The molecule has 8 heavy (non-hydrogen) atoms. The van der Waals surface area contributed by atoms with Crippen molar-refractivity contribution < 1.29 is 4.74 Å². The second-order valence-corrected chi connectivity index (χ2v) is 3.53. The minimum Gasteiger partial charge on any atom is -0.358 e. The van der Waals surface area contributed by atoms with Crippen LogP contribution in [0.25, 0.3) is 0 Å². The van der Waals surface area contributed by atoms with Crippen molar-refractivity contribution in [1.82, 2.24) is 0 Å². The SMILES string of the molecule is CC1(C)CCS[CH]O1. The summed E-state index contributed by atoms with van der Waals surface area (Å²) in [5, 5.41) is 0. The van der Waals surface area contributed by atoms with Crippen LogP contribution in [0.3, 0.4) is 0 Å². The third kappa shape index (κ3) is 1.67. The third-order valence-corrected chi connectivity index (χ3v) is 1.93. The minimum atomic E-state index is 0.102. The van der Waals surface area contributed by atoms with E-state index >= 15 is 0 Å². The van der Waals surface area contributed by atoms with Gasteiger partial charge in [-0.3, -0.25) is 0 Å². The van der Waals surface area contributed by atoms with Gasteiger partial charge < -0.3 is 4.74 Å².